The van der Waals surface area contributed by atoms with E-state index in [0.29, 0.717) is 6.61 Å². The Hall–Kier alpha value is -0.230. The van der Waals surface area contributed by atoms with Crippen molar-refractivity contribution >= 4 is 11.6 Å². The molecule has 0 N–H and O–H groups in total. The van der Waals surface area contributed by atoms with E-state index in [9.17, 15) is 0 Å². The zero-order valence-electron chi connectivity index (χ0n) is 3.98. The predicted molar refractivity (Wildman–Crippen MR) is 30.4 cm³/mol. The summed E-state index contributed by atoms with van der Waals surface area (Å²) in [6, 6.07) is 0.234. The van der Waals surface area contributed by atoms with Gasteiger partial charge in [-0.15, -0.1) is 5.73 Å². The van der Waals surface area contributed by atoms with Gasteiger partial charge in [-0.25, -0.2) is 0 Å². The van der Waals surface area contributed by atoms with E-state index in [1.54, 1.807) is 6.08 Å². The molecule has 0 radical (unpaired) electrons. The molecule has 0 saturated heterocycles. The van der Waals surface area contributed by atoms with Gasteiger partial charge in [-0.3, -0.25) is 0 Å². The third kappa shape index (κ3) is 5.77. The van der Waals surface area contributed by atoms with E-state index in [2.05, 4.69) is 17.0 Å². The van der Waals surface area contributed by atoms with Crippen molar-refractivity contribution in [2.45, 2.75) is 0 Å². The van der Waals surface area contributed by atoms with Crippen LogP contribution in [0.3, 0.4) is 0 Å². The SMILES string of the molecule is C=C=CCOCCl. The molecular formula is C5H7ClO. The van der Waals surface area contributed by atoms with Crippen LogP contribution in [0.4, 0.5) is 0 Å². The molecule has 0 aromatic heterocycles. The summed E-state index contributed by atoms with van der Waals surface area (Å²) >= 11 is 5.15. The van der Waals surface area contributed by atoms with Crippen molar-refractivity contribution in [2.24, 2.45) is 0 Å². The summed E-state index contributed by atoms with van der Waals surface area (Å²) in [5.41, 5.74) is 2.54. The largest absolute Gasteiger partial charge is 0.361 e. The third-order valence-electron chi connectivity index (χ3n) is 0.423. The fourth-order valence-corrected chi connectivity index (χ4v) is 0.251. The molecule has 40 valence electrons. The number of hydrogen-bond acceptors (Lipinski definition) is 1. The average Bonchev–Trinajstić information content (AvgIpc) is 1.69. The first-order chi connectivity index (χ1) is 3.41. The topological polar surface area (TPSA) is 9.23 Å². The fourth-order valence-electron chi connectivity index (χ4n) is 0.162. The third-order valence-corrected chi connectivity index (χ3v) is 0.577. The van der Waals surface area contributed by atoms with Gasteiger partial charge in [0.05, 0.1) is 6.61 Å². The normalized spacial score (nSPS) is 7.57. The molecular weight excluding hydrogens is 112 g/mol. The second-order valence-electron chi connectivity index (χ2n) is 0.888. The van der Waals surface area contributed by atoms with Gasteiger partial charge in [0.25, 0.3) is 0 Å². The van der Waals surface area contributed by atoms with Gasteiger partial charge in [0.15, 0.2) is 0 Å². The minimum absolute atomic E-state index is 0.234. The molecule has 2 heteroatoms. The Morgan fingerprint density at radius 2 is 2.57 bits per heavy atom. The maximum atomic E-state index is 5.15. The van der Waals surface area contributed by atoms with Crippen LogP contribution in [0.15, 0.2) is 18.4 Å². The van der Waals surface area contributed by atoms with Gasteiger partial charge in [-0.05, 0) is 6.08 Å². The van der Waals surface area contributed by atoms with Crippen molar-refractivity contribution in [2.75, 3.05) is 12.7 Å². The standard InChI is InChI=1S/C5H7ClO/c1-2-3-4-7-5-6/h3H,1,4-5H2. The molecule has 0 aliphatic carbocycles. The minimum Gasteiger partial charge on any atom is -0.361 e. The molecule has 0 atom stereocenters. The smallest absolute Gasteiger partial charge is 0.121 e. The Labute approximate surface area is 48.2 Å². The van der Waals surface area contributed by atoms with Crippen molar-refractivity contribution < 1.29 is 4.74 Å². The van der Waals surface area contributed by atoms with Crippen molar-refractivity contribution in [1.82, 2.24) is 0 Å². The van der Waals surface area contributed by atoms with Crippen LogP contribution in [0, 0.1) is 0 Å². The van der Waals surface area contributed by atoms with Crippen molar-refractivity contribution in [3.8, 4) is 0 Å². The summed E-state index contributed by atoms with van der Waals surface area (Å²) < 4.78 is 4.68. The molecule has 0 aromatic rings. The van der Waals surface area contributed by atoms with Gasteiger partial charge in [0.2, 0.25) is 0 Å². The molecule has 0 rings (SSSR count). The summed E-state index contributed by atoms with van der Waals surface area (Å²) in [6.45, 7) is 3.84. The van der Waals surface area contributed by atoms with Crippen LogP contribution in [-0.4, -0.2) is 12.7 Å². The van der Waals surface area contributed by atoms with Gasteiger partial charge < -0.3 is 4.74 Å². The zero-order chi connectivity index (χ0) is 5.54. The van der Waals surface area contributed by atoms with E-state index < -0.39 is 0 Å². The lowest BCUT2D eigenvalue weighted by molar-refractivity contribution is 0.212. The lowest BCUT2D eigenvalue weighted by Gasteiger charge is -1.86. The van der Waals surface area contributed by atoms with Crippen LogP contribution in [0.1, 0.15) is 0 Å². The maximum Gasteiger partial charge on any atom is 0.121 e. The molecule has 0 aliphatic heterocycles. The number of rotatable bonds is 3. The van der Waals surface area contributed by atoms with Crippen molar-refractivity contribution in [3.63, 3.8) is 0 Å². The average molecular weight is 119 g/mol. The highest BCUT2D eigenvalue weighted by molar-refractivity contribution is 6.17. The molecule has 0 aliphatic rings. The van der Waals surface area contributed by atoms with Gasteiger partial charge in [0, 0.05) is 0 Å². The maximum absolute atomic E-state index is 5.15. The second-order valence-corrected chi connectivity index (χ2v) is 1.11. The van der Waals surface area contributed by atoms with Crippen LogP contribution in [0.5, 0.6) is 0 Å². The number of ether oxygens (including phenoxy) is 1. The summed E-state index contributed by atoms with van der Waals surface area (Å²) in [6.07, 6.45) is 1.67. The fraction of sp³-hybridized carbons (Fsp3) is 0.400. The summed E-state index contributed by atoms with van der Waals surface area (Å²) in [5, 5.41) is 0. The highest BCUT2D eigenvalue weighted by atomic mass is 35.5. The van der Waals surface area contributed by atoms with Crippen LogP contribution in [0.2, 0.25) is 0 Å². The highest BCUT2D eigenvalue weighted by Gasteiger charge is 1.71. The second kappa shape index (κ2) is 5.77. The molecule has 0 saturated carbocycles. The Morgan fingerprint density at radius 1 is 1.86 bits per heavy atom. The van der Waals surface area contributed by atoms with E-state index in [1.165, 1.54) is 0 Å². The highest BCUT2D eigenvalue weighted by Crippen LogP contribution is 1.77. The zero-order valence-corrected chi connectivity index (χ0v) is 4.74. The molecule has 0 bridgehead atoms. The summed E-state index contributed by atoms with van der Waals surface area (Å²) in [4.78, 5) is 0. The summed E-state index contributed by atoms with van der Waals surface area (Å²) in [5.74, 6) is 0. The monoisotopic (exact) mass is 118 g/mol. The van der Waals surface area contributed by atoms with Crippen LogP contribution in [-0.2, 0) is 4.74 Å². The molecule has 0 heterocycles. The Balaban J connectivity index is 2.83. The summed E-state index contributed by atoms with van der Waals surface area (Å²) in [7, 11) is 0. The molecule has 0 unspecified atom stereocenters. The van der Waals surface area contributed by atoms with Crippen molar-refractivity contribution in [1.29, 1.82) is 0 Å². The molecule has 0 spiro atoms. The predicted octanol–water partition coefficient (Wildman–Crippen LogP) is 1.54. The Morgan fingerprint density at radius 3 is 3.00 bits per heavy atom. The van der Waals surface area contributed by atoms with E-state index in [-0.39, 0.29) is 6.07 Å². The number of halogens is 1. The quantitative estimate of drug-likeness (QED) is 0.310. The lowest BCUT2D eigenvalue weighted by atomic mass is 10.6. The molecule has 7 heavy (non-hydrogen) atoms. The first kappa shape index (κ1) is 6.77. The van der Waals surface area contributed by atoms with Crippen LogP contribution < -0.4 is 0 Å². The van der Waals surface area contributed by atoms with Gasteiger partial charge in [-0.2, -0.15) is 0 Å². The minimum atomic E-state index is 0.234. The first-order valence-corrected chi connectivity index (χ1v) is 2.43. The molecule has 0 aromatic carbocycles. The Bertz CT molecular complexity index is 74.1. The number of hydrogen-bond donors (Lipinski definition) is 0. The van der Waals surface area contributed by atoms with E-state index in [1.807, 2.05) is 0 Å². The van der Waals surface area contributed by atoms with Gasteiger partial charge in [-0.1, -0.05) is 18.2 Å². The number of alkyl halides is 1. The van der Waals surface area contributed by atoms with E-state index in [4.69, 9.17) is 11.6 Å². The van der Waals surface area contributed by atoms with Crippen LogP contribution >= 0.6 is 11.6 Å². The lowest BCUT2D eigenvalue weighted by Crippen LogP contribution is -1.83. The molecule has 0 amide bonds. The first-order valence-electron chi connectivity index (χ1n) is 1.90. The van der Waals surface area contributed by atoms with E-state index >= 15 is 0 Å². The van der Waals surface area contributed by atoms with Gasteiger partial charge in [0.1, 0.15) is 6.07 Å². The van der Waals surface area contributed by atoms with E-state index in [0.717, 1.165) is 0 Å². The molecule has 1 nitrogen and oxygen atoms in total. The van der Waals surface area contributed by atoms with Crippen molar-refractivity contribution in [3.05, 3.63) is 18.4 Å². The molecule has 0 fully saturated rings. The van der Waals surface area contributed by atoms with Crippen LogP contribution in [0.25, 0.3) is 0 Å². The van der Waals surface area contributed by atoms with Gasteiger partial charge >= 0.3 is 0 Å². The Kier molecular flexibility index (Phi) is 5.58.